The summed E-state index contributed by atoms with van der Waals surface area (Å²) in [7, 11) is 0. The number of carbonyl (C=O) groups is 1. The number of hydrogen-bond donors (Lipinski definition) is 1. The summed E-state index contributed by atoms with van der Waals surface area (Å²) < 4.78 is 5.47. The van der Waals surface area contributed by atoms with Gasteiger partial charge in [-0.1, -0.05) is 30.3 Å². The van der Waals surface area contributed by atoms with E-state index in [2.05, 4.69) is 35.6 Å². The fraction of sp³-hybridized carbons (Fsp3) is 0.632. The van der Waals surface area contributed by atoms with Crippen molar-refractivity contribution in [1.29, 1.82) is 0 Å². The number of likely N-dealkylation sites (tertiary alicyclic amines) is 1. The number of ether oxygens (including phenoxy) is 1. The average Bonchev–Trinajstić information content (AvgIpc) is 3.17. The lowest BCUT2D eigenvalue weighted by Crippen LogP contribution is -2.43. The van der Waals surface area contributed by atoms with E-state index in [1.807, 2.05) is 25.7 Å². The molecule has 1 heterocycles. The van der Waals surface area contributed by atoms with Crippen LogP contribution in [-0.4, -0.2) is 35.7 Å². The highest BCUT2D eigenvalue weighted by atomic mass is 16.6. The maximum absolute atomic E-state index is 12.1. The molecular weight excluding hydrogens is 288 g/mol. The molecule has 4 heteroatoms. The highest BCUT2D eigenvalue weighted by Crippen LogP contribution is 2.54. The van der Waals surface area contributed by atoms with Crippen molar-refractivity contribution < 1.29 is 9.53 Å². The topological polar surface area (TPSA) is 41.6 Å². The molecule has 1 atom stereocenters. The van der Waals surface area contributed by atoms with E-state index in [1.165, 1.54) is 12.0 Å². The summed E-state index contributed by atoms with van der Waals surface area (Å²) in [6.07, 6.45) is 3.24. The second kappa shape index (κ2) is 6.16. The third-order valence-corrected chi connectivity index (χ3v) is 5.00. The van der Waals surface area contributed by atoms with Crippen molar-refractivity contribution in [2.75, 3.05) is 13.1 Å². The van der Waals surface area contributed by atoms with E-state index in [0.29, 0.717) is 11.5 Å². The molecule has 2 aliphatic rings. The third-order valence-electron chi connectivity index (χ3n) is 5.00. The molecule has 1 aliphatic heterocycles. The molecule has 0 aromatic heterocycles. The molecule has 0 radical (unpaired) electrons. The van der Waals surface area contributed by atoms with E-state index >= 15 is 0 Å². The summed E-state index contributed by atoms with van der Waals surface area (Å²) in [4.78, 5) is 14.0. The Bertz CT molecular complexity index is 542. The van der Waals surface area contributed by atoms with Gasteiger partial charge in [-0.2, -0.15) is 0 Å². The Labute approximate surface area is 139 Å². The molecular formula is C19H28N2O2. The number of benzene rings is 1. The molecule has 0 bridgehead atoms. The Morgan fingerprint density at radius 3 is 2.52 bits per heavy atom. The quantitative estimate of drug-likeness (QED) is 0.927. The molecule has 1 spiro atoms. The molecule has 1 saturated carbocycles. The van der Waals surface area contributed by atoms with E-state index in [4.69, 9.17) is 4.74 Å². The highest BCUT2D eigenvalue weighted by Gasteiger charge is 2.55. The first-order valence-corrected chi connectivity index (χ1v) is 8.63. The predicted octanol–water partition coefficient (Wildman–Crippen LogP) is 3.57. The van der Waals surface area contributed by atoms with Crippen molar-refractivity contribution in [1.82, 2.24) is 10.2 Å². The maximum Gasteiger partial charge on any atom is 0.410 e. The summed E-state index contributed by atoms with van der Waals surface area (Å²) in [5.74, 6) is 0. The van der Waals surface area contributed by atoms with Gasteiger partial charge in [-0.25, -0.2) is 4.79 Å². The smallest absolute Gasteiger partial charge is 0.410 e. The molecule has 2 fully saturated rings. The van der Waals surface area contributed by atoms with Crippen molar-refractivity contribution >= 4 is 6.09 Å². The summed E-state index contributed by atoms with van der Waals surface area (Å²) in [5.41, 5.74) is 1.33. The molecule has 1 amide bonds. The minimum atomic E-state index is -0.411. The second-order valence-corrected chi connectivity index (χ2v) is 7.95. The number of hydrogen-bond acceptors (Lipinski definition) is 3. The maximum atomic E-state index is 12.1. The summed E-state index contributed by atoms with van der Waals surface area (Å²) >= 11 is 0. The van der Waals surface area contributed by atoms with Crippen LogP contribution in [0.1, 0.15) is 45.6 Å². The minimum absolute atomic E-state index is 0.165. The lowest BCUT2D eigenvalue weighted by Gasteiger charge is -2.34. The van der Waals surface area contributed by atoms with Gasteiger partial charge >= 0.3 is 6.09 Å². The Morgan fingerprint density at radius 2 is 1.91 bits per heavy atom. The molecule has 1 aromatic rings. The zero-order valence-electron chi connectivity index (χ0n) is 14.5. The van der Waals surface area contributed by atoms with E-state index in [1.54, 1.807) is 0 Å². The first-order valence-electron chi connectivity index (χ1n) is 8.63. The number of carbonyl (C=O) groups excluding carboxylic acids is 1. The average molecular weight is 316 g/mol. The molecule has 126 valence electrons. The minimum Gasteiger partial charge on any atom is -0.444 e. The summed E-state index contributed by atoms with van der Waals surface area (Å²) in [5, 5.41) is 3.68. The predicted molar refractivity (Wildman–Crippen MR) is 91.2 cm³/mol. The highest BCUT2D eigenvalue weighted by molar-refractivity contribution is 5.68. The molecule has 1 aromatic carbocycles. The van der Waals surface area contributed by atoms with Crippen LogP contribution in [0.4, 0.5) is 4.79 Å². The first-order chi connectivity index (χ1) is 10.9. The van der Waals surface area contributed by atoms with E-state index in [9.17, 15) is 4.79 Å². The van der Waals surface area contributed by atoms with Crippen molar-refractivity contribution in [3.05, 3.63) is 35.9 Å². The Balaban J connectivity index is 1.44. The Hall–Kier alpha value is -1.55. The van der Waals surface area contributed by atoms with Crippen LogP contribution < -0.4 is 5.32 Å². The Morgan fingerprint density at radius 1 is 1.26 bits per heavy atom. The lowest BCUT2D eigenvalue weighted by atomic mass is 9.93. The van der Waals surface area contributed by atoms with Gasteiger partial charge in [0.05, 0.1) is 0 Å². The van der Waals surface area contributed by atoms with Gasteiger partial charge in [0.15, 0.2) is 0 Å². The van der Waals surface area contributed by atoms with E-state index in [-0.39, 0.29) is 6.09 Å². The molecule has 1 N–H and O–H groups in total. The van der Waals surface area contributed by atoms with E-state index in [0.717, 1.165) is 32.5 Å². The standard InChI is InChI=1S/C19H28N2O2/c1-18(2,3)23-17(22)21-11-9-19(10-12-21)13-16(19)20-14-15-7-5-4-6-8-15/h4-8,16,20H,9-14H2,1-3H3. The SMILES string of the molecule is CC(C)(C)OC(=O)N1CCC2(CC1)CC2NCc1ccccc1. The zero-order chi connectivity index (χ0) is 16.5. The van der Waals surface area contributed by atoms with Gasteiger partial charge in [0.25, 0.3) is 0 Å². The summed E-state index contributed by atoms with van der Waals surface area (Å²) in [6.45, 7) is 8.32. The van der Waals surface area contributed by atoms with Crippen LogP contribution in [0.5, 0.6) is 0 Å². The van der Waals surface area contributed by atoms with Gasteiger partial charge < -0.3 is 15.0 Å². The zero-order valence-corrected chi connectivity index (χ0v) is 14.5. The van der Waals surface area contributed by atoms with Crippen LogP contribution in [0, 0.1) is 5.41 Å². The van der Waals surface area contributed by atoms with Crippen molar-refractivity contribution in [2.45, 2.75) is 58.2 Å². The van der Waals surface area contributed by atoms with Gasteiger partial charge in [-0.15, -0.1) is 0 Å². The molecule has 1 unspecified atom stereocenters. The molecule has 4 nitrogen and oxygen atoms in total. The number of nitrogens with one attached hydrogen (secondary N) is 1. The lowest BCUT2D eigenvalue weighted by molar-refractivity contribution is 0.0168. The largest absolute Gasteiger partial charge is 0.444 e. The molecule has 23 heavy (non-hydrogen) atoms. The number of nitrogens with zero attached hydrogens (tertiary/aromatic N) is 1. The normalized spacial score (nSPS) is 22.9. The van der Waals surface area contributed by atoms with E-state index < -0.39 is 5.60 Å². The fourth-order valence-electron chi connectivity index (χ4n) is 3.49. The van der Waals surface area contributed by atoms with Gasteiger partial charge in [0.1, 0.15) is 5.60 Å². The van der Waals surface area contributed by atoms with Crippen LogP contribution in [0.15, 0.2) is 30.3 Å². The van der Waals surface area contributed by atoms with Gasteiger partial charge in [0, 0.05) is 25.7 Å². The number of amides is 1. The van der Waals surface area contributed by atoms with Crippen molar-refractivity contribution in [3.63, 3.8) is 0 Å². The van der Waals surface area contributed by atoms with Crippen molar-refractivity contribution in [3.8, 4) is 0 Å². The van der Waals surface area contributed by atoms with Gasteiger partial charge in [-0.05, 0) is 51.0 Å². The van der Waals surface area contributed by atoms with Gasteiger partial charge in [-0.3, -0.25) is 0 Å². The fourth-order valence-corrected chi connectivity index (χ4v) is 3.49. The first kappa shape index (κ1) is 16.3. The summed E-state index contributed by atoms with van der Waals surface area (Å²) in [6, 6.07) is 11.1. The monoisotopic (exact) mass is 316 g/mol. The Kier molecular flexibility index (Phi) is 4.37. The van der Waals surface area contributed by atoms with Gasteiger partial charge in [0.2, 0.25) is 0 Å². The molecule has 1 aliphatic carbocycles. The van der Waals surface area contributed by atoms with Crippen LogP contribution >= 0.6 is 0 Å². The number of piperidine rings is 1. The second-order valence-electron chi connectivity index (χ2n) is 7.95. The van der Waals surface area contributed by atoms with Crippen molar-refractivity contribution in [2.24, 2.45) is 5.41 Å². The van der Waals surface area contributed by atoms with Crippen LogP contribution in [0.25, 0.3) is 0 Å². The van der Waals surface area contributed by atoms with Crippen LogP contribution in [0.3, 0.4) is 0 Å². The molecule has 1 saturated heterocycles. The molecule has 3 rings (SSSR count). The number of rotatable bonds is 3. The third kappa shape index (κ3) is 4.05. The van der Waals surface area contributed by atoms with Crippen LogP contribution in [0.2, 0.25) is 0 Å². The van der Waals surface area contributed by atoms with Crippen LogP contribution in [-0.2, 0) is 11.3 Å².